The first-order valence-corrected chi connectivity index (χ1v) is 3.61. The molecular formula is C9H13KO4. The number of carboxylic acids is 1. The largest absolute Gasteiger partial charge is 1.00 e. The zero-order chi connectivity index (χ0) is 10.9. The fourth-order valence-electron chi connectivity index (χ4n) is 0.201. The van der Waals surface area contributed by atoms with Crippen molar-refractivity contribution in [3.05, 3.63) is 24.8 Å². The molecule has 0 aromatic heterocycles. The Labute approximate surface area is 126 Å². The summed E-state index contributed by atoms with van der Waals surface area (Å²) in [5.74, 6) is -1.54. The van der Waals surface area contributed by atoms with Crippen LogP contribution in [0, 0.1) is 0 Å². The van der Waals surface area contributed by atoms with Crippen molar-refractivity contribution < 1.29 is 70.8 Å². The van der Waals surface area contributed by atoms with Crippen molar-refractivity contribution in [1.82, 2.24) is 0 Å². The summed E-state index contributed by atoms with van der Waals surface area (Å²) in [7, 11) is 0. The maximum absolute atomic E-state index is 10.1. The average molecular weight is 224 g/mol. The van der Waals surface area contributed by atoms with Crippen molar-refractivity contribution >= 4 is 11.9 Å². The third-order valence-electron chi connectivity index (χ3n) is 0.802. The number of carbonyl (C=O) groups excluding carboxylic acids is 2. The summed E-state index contributed by atoms with van der Waals surface area (Å²) in [5.41, 5.74) is 0.0648. The molecule has 0 aliphatic rings. The Morgan fingerprint density at radius 1 is 1.50 bits per heavy atom. The van der Waals surface area contributed by atoms with E-state index in [1.165, 1.54) is 6.92 Å². The van der Waals surface area contributed by atoms with E-state index in [0.29, 0.717) is 6.61 Å². The van der Waals surface area contributed by atoms with Crippen LogP contribution in [-0.4, -0.2) is 18.5 Å². The molecule has 0 aliphatic carbocycles. The molecule has 0 atom stereocenters. The second-order valence-electron chi connectivity index (χ2n) is 2.02. The van der Waals surface area contributed by atoms with Gasteiger partial charge in [0.05, 0.1) is 12.6 Å². The average Bonchev–Trinajstić information content (AvgIpc) is 2.05. The number of carbonyl (C=O) groups is 2. The number of hydrogen-bond acceptors (Lipinski definition) is 4. The maximum atomic E-state index is 10.1. The van der Waals surface area contributed by atoms with Crippen LogP contribution >= 0.6 is 0 Å². The predicted molar refractivity (Wildman–Crippen MR) is 46.7 cm³/mol. The fourth-order valence-corrected chi connectivity index (χ4v) is 0.201. The van der Waals surface area contributed by atoms with Gasteiger partial charge in [0.1, 0.15) is 0 Å². The standard InChI is InChI=1S/C5H8O2.C4H6O2.K/c1-3-5(6)7-4-2;1-3(2)4(5)6;/h3H,1,4H2,2H3;1H2,2H3,(H,5,6);/q;;+1/p-1. The van der Waals surface area contributed by atoms with E-state index in [2.05, 4.69) is 17.9 Å². The molecule has 14 heavy (non-hydrogen) atoms. The molecule has 0 spiro atoms. The Morgan fingerprint density at radius 2 is 1.86 bits per heavy atom. The number of carboxylic acid groups (broad SMARTS) is 1. The predicted octanol–water partition coefficient (Wildman–Crippen LogP) is -2.95. The molecule has 0 aromatic rings. The van der Waals surface area contributed by atoms with Crippen LogP contribution < -0.4 is 56.5 Å². The minimum atomic E-state index is -1.19. The first-order valence-electron chi connectivity index (χ1n) is 3.61. The summed E-state index contributed by atoms with van der Waals surface area (Å²) in [6.45, 7) is 9.85. The molecule has 0 aromatic carbocycles. The number of rotatable bonds is 3. The van der Waals surface area contributed by atoms with Gasteiger partial charge in [-0.15, -0.1) is 0 Å². The van der Waals surface area contributed by atoms with E-state index in [-0.39, 0.29) is 62.9 Å². The monoisotopic (exact) mass is 224 g/mol. The summed E-state index contributed by atoms with van der Waals surface area (Å²) < 4.78 is 4.43. The van der Waals surface area contributed by atoms with E-state index >= 15 is 0 Å². The van der Waals surface area contributed by atoms with Crippen LogP contribution in [0.2, 0.25) is 0 Å². The van der Waals surface area contributed by atoms with Gasteiger partial charge in [0.15, 0.2) is 0 Å². The van der Waals surface area contributed by atoms with Gasteiger partial charge >= 0.3 is 57.4 Å². The van der Waals surface area contributed by atoms with Gasteiger partial charge in [-0.3, -0.25) is 0 Å². The van der Waals surface area contributed by atoms with Crippen LogP contribution in [0.5, 0.6) is 0 Å². The third-order valence-corrected chi connectivity index (χ3v) is 0.802. The third kappa shape index (κ3) is 18.0. The van der Waals surface area contributed by atoms with Gasteiger partial charge in [0.2, 0.25) is 0 Å². The quantitative estimate of drug-likeness (QED) is 0.292. The zero-order valence-electron chi connectivity index (χ0n) is 8.83. The minimum absolute atomic E-state index is 0. The molecule has 0 bridgehead atoms. The van der Waals surface area contributed by atoms with E-state index in [0.717, 1.165) is 6.08 Å². The van der Waals surface area contributed by atoms with Crippen LogP contribution in [0.25, 0.3) is 0 Å². The summed E-state index contributed by atoms with van der Waals surface area (Å²) >= 11 is 0. The van der Waals surface area contributed by atoms with Gasteiger partial charge in [0.25, 0.3) is 0 Å². The number of esters is 1. The molecule has 0 fully saturated rings. The summed E-state index contributed by atoms with van der Waals surface area (Å²) in [4.78, 5) is 19.6. The van der Waals surface area contributed by atoms with Crippen LogP contribution in [0.1, 0.15) is 13.8 Å². The number of aliphatic carboxylic acids is 1. The Balaban J connectivity index is -0.000000163. The van der Waals surface area contributed by atoms with Crippen LogP contribution in [0.3, 0.4) is 0 Å². The van der Waals surface area contributed by atoms with Gasteiger partial charge in [-0.1, -0.05) is 13.2 Å². The first kappa shape index (κ1) is 19.6. The molecule has 0 saturated carbocycles. The van der Waals surface area contributed by atoms with Crippen molar-refractivity contribution in [1.29, 1.82) is 0 Å². The first-order chi connectivity index (χ1) is 5.95. The Bertz CT molecular complexity index is 199. The number of hydrogen-bond donors (Lipinski definition) is 0. The number of ether oxygens (including phenoxy) is 1. The maximum Gasteiger partial charge on any atom is 1.00 e. The van der Waals surface area contributed by atoms with Gasteiger partial charge in [-0.2, -0.15) is 0 Å². The fraction of sp³-hybridized carbons (Fsp3) is 0.333. The second kappa shape index (κ2) is 13.1. The van der Waals surface area contributed by atoms with Crippen molar-refractivity contribution in [3.8, 4) is 0 Å². The SMILES string of the molecule is C=C(C)C(=O)[O-].C=CC(=O)OCC.[K+]. The molecule has 0 aliphatic heterocycles. The van der Waals surface area contributed by atoms with Gasteiger partial charge in [-0.05, 0) is 19.4 Å². The van der Waals surface area contributed by atoms with Gasteiger partial charge in [0, 0.05) is 6.08 Å². The molecule has 0 rings (SSSR count). The molecule has 0 amide bonds. The normalized spacial score (nSPS) is 7.00. The zero-order valence-corrected chi connectivity index (χ0v) is 12.0. The van der Waals surface area contributed by atoms with Crippen LogP contribution in [0.4, 0.5) is 0 Å². The van der Waals surface area contributed by atoms with E-state index in [1.807, 2.05) is 0 Å². The van der Waals surface area contributed by atoms with E-state index < -0.39 is 5.97 Å². The van der Waals surface area contributed by atoms with Crippen molar-refractivity contribution in [2.24, 2.45) is 0 Å². The molecular weight excluding hydrogens is 211 g/mol. The van der Waals surface area contributed by atoms with Crippen molar-refractivity contribution in [2.75, 3.05) is 6.61 Å². The molecule has 5 heteroatoms. The molecule has 0 heterocycles. The summed E-state index contributed by atoms with van der Waals surface area (Å²) in [5, 5.41) is 9.49. The Morgan fingerprint density at radius 3 is 1.93 bits per heavy atom. The smallest absolute Gasteiger partial charge is 0.545 e. The minimum Gasteiger partial charge on any atom is -0.545 e. The summed E-state index contributed by atoms with van der Waals surface area (Å²) in [6, 6.07) is 0. The Hall–Kier alpha value is 0.0564. The molecule has 74 valence electrons. The van der Waals surface area contributed by atoms with Crippen molar-refractivity contribution in [3.63, 3.8) is 0 Å². The van der Waals surface area contributed by atoms with Gasteiger partial charge < -0.3 is 14.6 Å². The van der Waals surface area contributed by atoms with Crippen molar-refractivity contribution in [2.45, 2.75) is 13.8 Å². The van der Waals surface area contributed by atoms with E-state index in [9.17, 15) is 14.7 Å². The van der Waals surface area contributed by atoms with Crippen LogP contribution in [-0.2, 0) is 14.3 Å². The van der Waals surface area contributed by atoms with E-state index in [1.54, 1.807) is 6.92 Å². The summed E-state index contributed by atoms with van der Waals surface area (Å²) in [6.07, 6.45) is 1.14. The van der Waals surface area contributed by atoms with E-state index in [4.69, 9.17) is 0 Å². The molecule has 0 radical (unpaired) electrons. The molecule has 0 N–H and O–H groups in total. The molecule has 4 nitrogen and oxygen atoms in total. The Kier molecular flexibility index (Phi) is 18.3. The topological polar surface area (TPSA) is 66.4 Å². The molecule has 0 unspecified atom stereocenters. The second-order valence-corrected chi connectivity index (χ2v) is 2.02. The van der Waals surface area contributed by atoms with Crippen LogP contribution in [0.15, 0.2) is 24.8 Å². The van der Waals surface area contributed by atoms with Gasteiger partial charge in [-0.25, -0.2) is 4.79 Å². The molecule has 0 saturated heterocycles.